The summed E-state index contributed by atoms with van der Waals surface area (Å²) in [6.07, 6.45) is -1.33. The number of alkyl halides is 4. The van der Waals surface area contributed by atoms with E-state index in [9.17, 15) is 27.5 Å². The number of carboxylic acids is 1. The van der Waals surface area contributed by atoms with E-state index in [2.05, 4.69) is 0 Å². The first-order chi connectivity index (χ1) is 4.79. The molecule has 0 bridgehead atoms. The van der Waals surface area contributed by atoms with Gasteiger partial charge in [-0.1, -0.05) is 0 Å². The zero-order valence-corrected chi connectivity index (χ0v) is 5.11. The van der Waals surface area contributed by atoms with Gasteiger partial charge in [-0.25, -0.2) is 0 Å². The molecule has 1 saturated carbocycles. The van der Waals surface area contributed by atoms with Gasteiger partial charge in [0.05, 0.1) is 11.9 Å². The Kier molecular flexibility index (Phi) is 1.40. The lowest BCUT2D eigenvalue weighted by molar-refractivity contribution is -0.361. The molecule has 64 valence electrons. The maximum Gasteiger partial charge on any atom is 0.318 e. The summed E-state index contributed by atoms with van der Waals surface area (Å²) in [6, 6.07) is 0. The van der Waals surface area contributed by atoms with Crippen LogP contribution in [0.1, 0.15) is 6.42 Å². The molecule has 1 aliphatic carbocycles. The fourth-order valence-corrected chi connectivity index (χ4v) is 0.876. The SMILES string of the molecule is O=C([O-])C1CC(F)(F)C1(F)F. The lowest BCUT2D eigenvalue weighted by Gasteiger charge is -2.43. The number of rotatable bonds is 1. The number of carbonyl (C=O) groups is 1. The van der Waals surface area contributed by atoms with Gasteiger partial charge in [0.1, 0.15) is 0 Å². The molecule has 1 fully saturated rings. The highest BCUT2D eigenvalue weighted by molar-refractivity contribution is 5.71. The Morgan fingerprint density at radius 2 is 1.82 bits per heavy atom. The summed E-state index contributed by atoms with van der Waals surface area (Å²) in [5.74, 6) is -13.1. The summed E-state index contributed by atoms with van der Waals surface area (Å²) in [5.41, 5.74) is 0. The van der Waals surface area contributed by atoms with Crippen molar-refractivity contribution in [3.63, 3.8) is 0 Å². The fourth-order valence-electron chi connectivity index (χ4n) is 0.876. The topological polar surface area (TPSA) is 40.1 Å². The number of carboxylic acid groups (broad SMARTS) is 1. The molecule has 0 aromatic heterocycles. The summed E-state index contributed by atoms with van der Waals surface area (Å²) in [7, 11) is 0. The summed E-state index contributed by atoms with van der Waals surface area (Å²) < 4.78 is 47.9. The normalized spacial score (nSPS) is 32.5. The fraction of sp³-hybridized carbons (Fsp3) is 0.800. The Balaban J connectivity index is 2.77. The summed E-state index contributed by atoms with van der Waals surface area (Å²) >= 11 is 0. The van der Waals surface area contributed by atoms with Crippen molar-refractivity contribution in [2.75, 3.05) is 0 Å². The van der Waals surface area contributed by atoms with Crippen LogP contribution in [0.25, 0.3) is 0 Å². The molecule has 0 heterocycles. The lowest BCUT2D eigenvalue weighted by Crippen LogP contribution is -2.63. The van der Waals surface area contributed by atoms with Crippen LogP contribution in [0.15, 0.2) is 0 Å². The van der Waals surface area contributed by atoms with Gasteiger partial charge < -0.3 is 9.90 Å². The Hall–Kier alpha value is -0.810. The third-order valence-corrected chi connectivity index (χ3v) is 1.67. The van der Waals surface area contributed by atoms with Gasteiger partial charge in [0.15, 0.2) is 0 Å². The van der Waals surface area contributed by atoms with Gasteiger partial charge in [-0.3, -0.25) is 0 Å². The van der Waals surface area contributed by atoms with E-state index in [0.29, 0.717) is 0 Å². The molecule has 1 atom stereocenters. The van der Waals surface area contributed by atoms with E-state index in [1.807, 2.05) is 0 Å². The molecule has 1 aliphatic rings. The number of hydrogen-bond donors (Lipinski definition) is 0. The number of aliphatic carboxylic acids is 1. The van der Waals surface area contributed by atoms with Crippen LogP contribution in [0, 0.1) is 5.92 Å². The maximum atomic E-state index is 12.1. The summed E-state index contributed by atoms with van der Waals surface area (Å²) in [6.45, 7) is 0. The molecule has 2 nitrogen and oxygen atoms in total. The summed E-state index contributed by atoms with van der Waals surface area (Å²) in [5, 5.41) is 9.76. The van der Waals surface area contributed by atoms with Crippen molar-refractivity contribution in [1.82, 2.24) is 0 Å². The van der Waals surface area contributed by atoms with Gasteiger partial charge >= 0.3 is 11.8 Å². The molecule has 6 heteroatoms. The van der Waals surface area contributed by atoms with Crippen molar-refractivity contribution >= 4 is 5.97 Å². The second-order valence-corrected chi connectivity index (χ2v) is 2.40. The molecule has 0 N–H and O–H groups in total. The van der Waals surface area contributed by atoms with Gasteiger partial charge in [-0.05, 0) is 0 Å². The molecular weight excluding hydrogens is 168 g/mol. The third kappa shape index (κ3) is 0.883. The van der Waals surface area contributed by atoms with E-state index < -0.39 is 30.2 Å². The smallest absolute Gasteiger partial charge is 0.318 e. The predicted molar refractivity (Wildman–Crippen MR) is 23.0 cm³/mol. The van der Waals surface area contributed by atoms with Crippen LogP contribution in [0.2, 0.25) is 0 Å². The maximum absolute atomic E-state index is 12.1. The molecule has 0 aromatic rings. The van der Waals surface area contributed by atoms with E-state index in [-0.39, 0.29) is 0 Å². The molecule has 0 amide bonds. The van der Waals surface area contributed by atoms with Gasteiger partial charge in [0.25, 0.3) is 0 Å². The van der Waals surface area contributed by atoms with Gasteiger partial charge in [0, 0.05) is 6.42 Å². The van der Waals surface area contributed by atoms with Gasteiger partial charge in [-0.15, -0.1) is 0 Å². The second-order valence-electron chi connectivity index (χ2n) is 2.40. The van der Waals surface area contributed by atoms with Crippen molar-refractivity contribution in [3.05, 3.63) is 0 Å². The van der Waals surface area contributed by atoms with Crippen LogP contribution in [0.3, 0.4) is 0 Å². The quantitative estimate of drug-likeness (QED) is 0.522. The van der Waals surface area contributed by atoms with Gasteiger partial charge in [-0.2, -0.15) is 17.6 Å². The molecule has 0 spiro atoms. The van der Waals surface area contributed by atoms with Gasteiger partial charge in [0.2, 0.25) is 0 Å². The lowest BCUT2D eigenvalue weighted by atomic mass is 9.77. The molecule has 1 rings (SSSR count). The first-order valence-corrected chi connectivity index (χ1v) is 2.75. The van der Waals surface area contributed by atoms with Crippen molar-refractivity contribution < 1.29 is 27.5 Å². The Bertz CT molecular complexity index is 201. The minimum atomic E-state index is -4.44. The van der Waals surface area contributed by atoms with Crippen LogP contribution in [-0.4, -0.2) is 17.8 Å². The van der Waals surface area contributed by atoms with Crippen molar-refractivity contribution in [2.24, 2.45) is 5.92 Å². The monoisotopic (exact) mass is 171 g/mol. The standard InChI is InChI=1S/C5H4F4O2/c6-4(7)1-2(3(10)11)5(4,8)9/h2H,1H2,(H,10,11)/p-1. The third-order valence-electron chi connectivity index (χ3n) is 1.67. The van der Waals surface area contributed by atoms with Crippen molar-refractivity contribution in [2.45, 2.75) is 18.3 Å². The molecule has 0 aliphatic heterocycles. The van der Waals surface area contributed by atoms with E-state index >= 15 is 0 Å². The molecular formula is C5H3F4O2-. The highest BCUT2D eigenvalue weighted by atomic mass is 19.3. The zero-order valence-electron chi connectivity index (χ0n) is 5.11. The molecule has 1 unspecified atom stereocenters. The van der Waals surface area contributed by atoms with Crippen molar-refractivity contribution in [1.29, 1.82) is 0 Å². The molecule has 0 aromatic carbocycles. The van der Waals surface area contributed by atoms with Crippen LogP contribution in [0.5, 0.6) is 0 Å². The zero-order chi connectivity index (χ0) is 8.86. The highest BCUT2D eigenvalue weighted by Crippen LogP contribution is 2.54. The highest BCUT2D eigenvalue weighted by Gasteiger charge is 2.72. The first-order valence-electron chi connectivity index (χ1n) is 2.75. The largest absolute Gasteiger partial charge is 0.550 e. The minimum absolute atomic E-state index is 1.33. The predicted octanol–water partition coefficient (Wildman–Crippen LogP) is 0.0268. The van der Waals surface area contributed by atoms with Crippen LogP contribution < -0.4 is 5.11 Å². The molecule has 0 radical (unpaired) electrons. The molecule has 11 heavy (non-hydrogen) atoms. The second kappa shape index (κ2) is 1.86. The van der Waals surface area contributed by atoms with Crippen LogP contribution in [0.4, 0.5) is 17.6 Å². The van der Waals surface area contributed by atoms with Crippen molar-refractivity contribution in [3.8, 4) is 0 Å². The number of carbonyl (C=O) groups excluding carboxylic acids is 1. The number of halogens is 4. The average molecular weight is 171 g/mol. The van der Waals surface area contributed by atoms with Crippen LogP contribution >= 0.6 is 0 Å². The van der Waals surface area contributed by atoms with E-state index in [0.717, 1.165) is 0 Å². The molecule has 0 saturated heterocycles. The Morgan fingerprint density at radius 1 is 1.36 bits per heavy atom. The number of hydrogen-bond acceptors (Lipinski definition) is 2. The average Bonchev–Trinajstić information content (AvgIpc) is 1.82. The summed E-state index contributed by atoms with van der Waals surface area (Å²) in [4.78, 5) is 9.76. The van der Waals surface area contributed by atoms with E-state index in [1.54, 1.807) is 0 Å². The minimum Gasteiger partial charge on any atom is -0.550 e. The van der Waals surface area contributed by atoms with E-state index in [1.165, 1.54) is 0 Å². The Morgan fingerprint density at radius 3 is 1.91 bits per heavy atom. The Labute approximate surface area is 58.8 Å². The van der Waals surface area contributed by atoms with E-state index in [4.69, 9.17) is 0 Å². The first kappa shape index (κ1) is 8.29. The van der Waals surface area contributed by atoms with Crippen LogP contribution in [-0.2, 0) is 4.79 Å².